The molecule has 0 bridgehead atoms. The first-order valence-electron chi connectivity index (χ1n) is 13.3. The van der Waals surface area contributed by atoms with Gasteiger partial charge in [-0.15, -0.1) is 27.4 Å². The average molecular weight is 646 g/mol. The second kappa shape index (κ2) is 13.5. The number of halogens is 3. The Balaban J connectivity index is 1.73. The fraction of sp³-hybridized carbons (Fsp3) is 0.414. The zero-order valence-electron chi connectivity index (χ0n) is 24.4. The topological polar surface area (TPSA) is 92.7 Å². The van der Waals surface area contributed by atoms with E-state index >= 15 is 0 Å². The highest BCUT2D eigenvalue weighted by molar-refractivity contribution is 8.00. The highest BCUT2D eigenvalue weighted by Gasteiger charge is 2.47. The van der Waals surface area contributed by atoms with Gasteiger partial charge < -0.3 is 19.1 Å². The molecular weight excluding hydrogens is 616 g/mol. The summed E-state index contributed by atoms with van der Waals surface area (Å²) >= 11 is 6.90. The number of benzene rings is 1. The van der Waals surface area contributed by atoms with Gasteiger partial charge in [-0.25, -0.2) is 13.5 Å². The van der Waals surface area contributed by atoms with Crippen molar-refractivity contribution in [3.8, 4) is 22.7 Å². The number of ether oxygens (including phenoxy) is 3. The molecule has 0 amide bonds. The molecule has 0 spiro atoms. The quantitative estimate of drug-likeness (QED) is 0.0969. The Morgan fingerprint density at radius 2 is 1.98 bits per heavy atom. The second-order valence-electron chi connectivity index (χ2n) is 11.0. The zero-order chi connectivity index (χ0) is 31.5. The summed E-state index contributed by atoms with van der Waals surface area (Å²) in [6, 6.07) is 3.46. The molecule has 5 atom stereocenters. The van der Waals surface area contributed by atoms with E-state index < -0.39 is 54.4 Å². The lowest BCUT2D eigenvalue weighted by Crippen LogP contribution is -2.52. The van der Waals surface area contributed by atoms with Crippen molar-refractivity contribution in [3.05, 3.63) is 64.2 Å². The summed E-state index contributed by atoms with van der Waals surface area (Å²) in [6.07, 6.45) is 1.91. The molecule has 4 rings (SSSR count). The highest BCUT2D eigenvalue weighted by atomic mass is 35.5. The molecule has 0 aliphatic carbocycles. The Bertz CT molecular complexity index is 1590. The number of nitrogens with zero attached hydrogens (tertiary/aromatic N) is 5. The molecule has 14 heteroatoms. The van der Waals surface area contributed by atoms with Crippen LogP contribution in [0.4, 0.5) is 14.6 Å². The maximum absolute atomic E-state index is 14.2. The lowest BCUT2D eigenvalue weighted by molar-refractivity contribution is -0.171. The van der Waals surface area contributed by atoms with Crippen LogP contribution in [0.1, 0.15) is 25.5 Å². The molecule has 0 N–H and O–H groups in total. The Hall–Kier alpha value is -3.33. The molecule has 1 aromatic carbocycles. The van der Waals surface area contributed by atoms with Crippen molar-refractivity contribution in [3.63, 3.8) is 0 Å². The molecule has 2 aromatic heterocycles. The smallest absolute Gasteiger partial charge is 0.302 e. The van der Waals surface area contributed by atoms with E-state index in [-0.39, 0.29) is 29.6 Å². The van der Waals surface area contributed by atoms with Crippen LogP contribution in [-0.2, 0) is 19.0 Å². The molecule has 1 saturated heterocycles. The summed E-state index contributed by atoms with van der Waals surface area (Å²) in [5.41, 5.74) is 3.65. The van der Waals surface area contributed by atoms with E-state index in [1.54, 1.807) is 23.1 Å². The summed E-state index contributed by atoms with van der Waals surface area (Å²) in [5, 5.41) is 7.82. The number of esters is 1. The average Bonchev–Trinajstić information content (AvgIpc) is 3.44. The third kappa shape index (κ3) is 7.79. The highest BCUT2D eigenvalue weighted by Crippen LogP contribution is 2.44. The summed E-state index contributed by atoms with van der Waals surface area (Å²) in [7, 11) is -0.131. The maximum atomic E-state index is 14.2. The van der Waals surface area contributed by atoms with Crippen LogP contribution < -0.4 is 0 Å². The number of carbonyl (C=O) groups excluding carboxylic acids is 1. The van der Waals surface area contributed by atoms with Gasteiger partial charge in [0.05, 0.1) is 23.9 Å². The van der Waals surface area contributed by atoms with Crippen molar-refractivity contribution >= 4 is 43.2 Å². The van der Waals surface area contributed by atoms with Crippen LogP contribution in [0, 0.1) is 35.6 Å². The van der Waals surface area contributed by atoms with Crippen LogP contribution in [0.3, 0.4) is 0 Å². The van der Waals surface area contributed by atoms with Gasteiger partial charge in [0, 0.05) is 30.4 Å². The van der Waals surface area contributed by atoms with Crippen LogP contribution in [-0.4, -0.2) is 65.4 Å². The Morgan fingerprint density at radius 3 is 2.58 bits per heavy atom. The molecular formula is C29H30ClF2N5O4SSi. The summed E-state index contributed by atoms with van der Waals surface area (Å²) in [5.74, 6) is 0.738. The molecule has 2 unspecified atom stereocenters. The van der Waals surface area contributed by atoms with Crippen molar-refractivity contribution in [1.82, 2.24) is 20.0 Å². The predicted octanol–water partition coefficient (Wildman–Crippen LogP) is 6.32. The van der Waals surface area contributed by atoms with Gasteiger partial charge in [-0.1, -0.05) is 55.9 Å². The van der Waals surface area contributed by atoms with Crippen LogP contribution in [0.15, 0.2) is 35.5 Å². The van der Waals surface area contributed by atoms with Crippen molar-refractivity contribution in [2.45, 2.75) is 62.1 Å². The lowest BCUT2D eigenvalue weighted by atomic mass is 9.89. The van der Waals surface area contributed by atoms with Gasteiger partial charge in [-0.05, 0) is 18.2 Å². The summed E-state index contributed by atoms with van der Waals surface area (Å²) < 4.78 is 47.6. The zero-order valence-corrected chi connectivity index (χ0v) is 27.0. The minimum Gasteiger partial charge on any atom is -0.463 e. The molecule has 226 valence electrons. The van der Waals surface area contributed by atoms with Gasteiger partial charge in [0.15, 0.2) is 0 Å². The predicted molar refractivity (Wildman–Crippen MR) is 161 cm³/mol. The van der Waals surface area contributed by atoms with Crippen LogP contribution in [0.2, 0.25) is 24.7 Å². The van der Waals surface area contributed by atoms with E-state index in [0.29, 0.717) is 10.5 Å². The molecule has 1 fully saturated rings. The Labute approximate surface area is 259 Å². The monoisotopic (exact) mass is 645 g/mol. The van der Waals surface area contributed by atoms with Crippen molar-refractivity contribution in [1.29, 1.82) is 0 Å². The third-order valence-corrected chi connectivity index (χ3v) is 9.02. The van der Waals surface area contributed by atoms with E-state index in [1.807, 2.05) is 6.92 Å². The molecule has 1 aliphatic heterocycles. The lowest BCUT2D eigenvalue weighted by Gasteiger charge is -2.44. The standard InChI is InChI=1S/C29H30ClF2N5O4SSi/c1-16-23(15-40-17(2)38)41-29(42-24-10-18(8-9-43(5,6)7)13-34-28(24)33-3)27(39-4)26(16)37-14-22(35-36-37)19-11-20(31)25(30)21(32)12-19/h10-14,16,23,26-27,29H,15H2,1-2,4-7H3/t16-,23?,26-,27?,29+/m0/s1. The maximum Gasteiger partial charge on any atom is 0.302 e. The van der Waals surface area contributed by atoms with E-state index in [9.17, 15) is 13.6 Å². The number of aromatic nitrogens is 4. The number of methoxy groups -OCH3 is 1. The molecule has 3 heterocycles. The van der Waals surface area contributed by atoms with Crippen molar-refractivity contribution in [2.75, 3.05) is 13.7 Å². The van der Waals surface area contributed by atoms with Crippen LogP contribution in [0.25, 0.3) is 16.1 Å². The van der Waals surface area contributed by atoms with Crippen LogP contribution >= 0.6 is 23.4 Å². The van der Waals surface area contributed by atoms with E-state index in [4.69, 9.17) is 32.4 Å². The first-order valence-corrected chi connectivity index (χ1v) is 18.0. The number of hydrogen-bond acceptors (Lipinski definition) is 8. The number of pyridine rings is 1. The number of rotatable bonds is 7. The molecule has 3 aromatic rings. The number of hydrogen-bond donors (Lipinski definition) is 0. The van der Waals surface area contributed by atoms with E-state index in [2.05, 4.69) is 51.2 Å². The van der Waals surface area contributed by atoms with Gasteiger partial charge in [0.1, 0.15) is 54.8 Å². The second-order valence-corrected chi connectivity index (χ2v) is 17.3. The van der Waals surface area contributed by atoms with Gasteiger partial charge in [-0.2, -0.15) is 0 Å². The minimum atomic E-state index is -1.66. The first kappa shape index (κ1) is 32.6. The van der Waals surface area contributed by atoms with Gasteiger partial charge in [0.25, 0.3) is 5.82 Å². The molecule has 0 saturated carbocycles. The Morgan fingerprint density at radius 1 is 1.28 bits per heavy atom. The fourth-order valence-corrected chi connectivity index (χ4v) is 6.38. The first-order chi connectivity index (χ1) is 20.3. The largest absolute Gasteiger partial charge is 0.463 e. The minimum absolute atomic E-state index is 0.0364. The molecule has 43 heavy (non-hydrogen) atoms. The fourth-order valence-electron chi connectivity index (χ4n) is 4.50. The van der Waals surface area contributed by atoms with E-state index in [0.717, 1.165) is 12.1 Å². The van der Waals surface area contributed by atoms with Crippen molar-refractivity contribution in [2.24, 2.45) is 5.92 Å². The third-order valence-electron chi connectivity index (χ3n) is 6.62. The number of thioether (sulfide) groups is 1. The van der Waals surface area contributed by atoms with E-state index in [1.165, 1.54) is 25.8 Å². The molecule has 9 nitrogen and oxygen atoms in total. The number of carbonyl (C=O) groups is 1. The summed E-state index contributed by atoms with van der Waals surface area (Å²) in [6.45, 7) is 17.2. The summed E-state index contributed by atoms with van der Waals surface area (Å²) in [4.78, 5) is 20.1. The normalized spacial score (nSPS) is 21.9. The molecule has 0 radical (unpaired) electrons. The van der Waals surface area contributed by atoms with Gasteiger partial charge in [0.2, 0.25) is 0 Å². The Kier molecular flexibility index (Phi) is 10.3. The van der Waals surface area contributed by atoms with Crippen molar-refractivity contribution < 1.29 is 27.8 Å². The SMILES string of the molecule is [C-]#[N+]c1ncc(C#C[Si](C)(C)C)cc1S[C@H]1OC(COC(C)=O)[C@H](C)[C@H](n2cc(-c3cc(F)c(Cl)c(F)c3)nn2)C1OC. The molecule has 1 aliphatic rings. The van der Waals surface area contributed by atoms with Crippen LogP contribution in [0.5, 0.6) is 0 Å². The van der Waals surface area contributed by atoms with Gasteiger partial charge in [-0.3, -0.25) is 4.79 Å². The van der Waals surface area contributed by atoms with Gasteiger partial charge >= 0.3 is 5.97 Å².